The van der Waals surface area contributed by atoms with E-state index in [2.05, 4.69) is 20.5 Å². The molecule has 0 saturated carbocycles. The molecule has 1 amide bonds. The van der Waals surface area contributed by atoms with Gasteiger partial charge in [0.15, 0.2) is 5.82 Å². The maximum atomic E-state index is 12.6. The van der Waals surface area contributed by atoms with Crippen LogP contribution < -0.4 is 5.32 Å². The Morgan fingerprint density at radius 1 is 1.54 bits per heavy atom. The molecule has 130 valence electrons. The molecule has 2 aromatic heterocycles. The summed E-state index contributed by atoms with van der Waals surface area (Å²) in [6.07, 6.45) is 4.41. The van der Waals surface area contributed by atoms with Crippen LogP contribution >= 0.6 is 0 Å². The first-order valence-corrected chi connectivity index (χ1v) is 8.23. The molecule has 2 atom stereocenters. The van der Waals surface area contributed by atoms with Crippen LogP contribution in [-0.2, 0) is 16.1 Å². The summed E-state index contributed by atoms with van der Waals surface area (Å²) in [5.74, 6) is 1.06. The van der Waals surface area contributed by atoms with E-state index in [9.17, 15) is 4.79 Å². The second-order valence-corrected chi connectivity index (χ2v) is 5.95. The first-order chi connectivity index (χ1) is 11.7. The Balaban J connectivity index is 1.60. The molecule has 1 aliphatic heterocycles. The van der Waals surface area contributed by atoms with E-state index in [1.807, 2.05) is 23.9 Å². The second-order valence-electron chi connectivity index (χ2n) is 5.95. The van der Waals surface area contributed by atoms with Crippen LogP contribution in [0.1, 0.15) is 19.1 Å². The third kappa shape index (κ3) is 4.01. The number of rotatable bonds is 6. The summed E-state index contributed by atoms with van der Waals surface area (Å²) in [6, 6.07) is 3.39. The Hall–Kier alpha value is -2.19. The predicted octanol–water partition coefficient (Wildman–Crippen LogP) is 1.30. The van der Waals surface area contributed by atoms with Crippen molar-refractivity contribution in [3.63, 3.8) is 0 Å². The lowest BCUT2D eigenvalue weighted by Crippen LogP contribution is -2.52. The van der Waals surface area contributed by atoms with Gasteiger partial charge in [0.25, 0.3) is 0 Å². The number of nitrogens with one attached hydrogen (secondary N) is 1. The third-order valence-electron chi connectivity index (χ3n) is 4.13. The first-order valence-electron chi connectivity index (χ1n) is 8.23. The van der Waals surface area contributed by atoms with Crippen molar-refractivity contribution in [2.45, 2.75) is 39.0 Å². The van der Waals surface area contributed by atoms with E-state index in [0.29, 0.717) is 31.3 Å². The van der Waals surface area contributed by atoms with Gasteiger partial charge in [0.1, 0.15) is 5.76 Å². The smallest absolute Gasteiger partial charge is 0.242 e. The molecule has 0 aliphatic carbocycles. The number of carbonyl (C=O) groups is 1. The van der Waals surface area contributed by atoms with Crippen molar-refractivity contribution in [3.8, 4) is 0 Å². The second kappa shape index (κ2) is 7.59. The predicted molar refractivity (Wildman–Crippen MR) is 87.5 cm³/mol. The average Bonchev–Trinajstić information content (AvgIpc) is 3.20. The van der Waals surface area contributed by atoms with Gasteiger partial charge >= 0.3 is 0 Å². The Morgan fingerprint density at radius 2 is 2.42 bits per heavy atom. The highest BCUT2D eigenvalue weighted by Gasteiger charge is 2.30. The number of hydrogen-bond acceptors (Lipinski definition) is 6. The van der Waals surface area contributed by atoms with Crippen molar-refractivity contribution in [3.05, 3.63) is 30.3 Å². The van der Waals surface area contributed by atoms with Crippen LogP contribution in [0.15, 0.2) is 29.0 Å². The number of hydrogen-bond donors (Lipinski definition) is 1. The minimum absolute atomic E-state index is 0.0230. The molecule has 0 radical (unpaired) electrons. The molecule has 3 heterocycles. The molecule has 1 saturated heterocycles. The number of morpholine rings is 1. The quantitative estimate of drug-likeness (QED) is 0.857. The summed E-state index contributed by atoms with van der Waals surface area (Å²) >= 11 is 0. The zero-order valence-corrected chi connectivity index (χ0v) is 14.0. The summed E-state index contributed by atoms with van der Waals surface area (Å²) in [6.45, 7) is 6.53. The molecule has 1 N–H and O–H groups in total. The van der Waals surface area contributed by atoms with Crippen molar-refractivity contribution < 1.29 is 14.1 Å². The number of aryl methyl sites for hydroxylation is 1. The maximum Gasteiger partial charge on any atom is 0.242 e. The van der Waals surface area contributed by atoms with Gasteiger partial charge in [0, 0.05) is 31.5 Å². The van der Waals surface area contributed by atoms with Gasteiger partial charge < -0.3 is 14.6 Å². The Kier molecular flexibility index (Phi) is 5.27. The lowest BCUT2D eigenvalue weighted by molar-refractivity contribution is -0.125. The highest BCUT2D eigenvalue weighted by molar-refractivity contribution is 5.94. The van der Waals surface area contributed by atoms with Crippen molar-refractivity contribution in [1.29, 1.82) is 0 Å². The van der Waals surface area contributed by atoms with Crippen molar-refractivity contribution in [1.82, 2.24) is 19.8 Å². The van der Waals surface area contributed by atoms with Gasteiger partial charge in [-0.3, -0.25) is 14.4 Å². The van der Waals surface area contributed by atoms with Gasteiger partial charge in [-0.05, 0) is 19.4 Å². The Morgan fingerprint density at radius 3 is 3.08 bits per heavy atom. The molecule has 3 rings (SSSR count). The summed E-state index contributed by atoms with van der Waals surface area (Å²) in [4.78, 5) is 14.7. The zero-order valence-electron chi connectivity index (χ0n) is 14.0. The molecule has 0 unspecified atom stereocenters. The van der Waals surface area contributed by atoms with E-state index in [4.69, 9.17) is 9.26 Å². The standard InChI is InChI=1S/C16H23N5O3/c1-3-14(16(22)18-15-9-12(2)24-19-15)20-7-8-23-13(10-20)11-21-6-4-5-17-21/h4-6,9,13-14H,3,7-8,10-11H2,1-2H3,(H,18,19,22)/t13-,14-/m0/s1. The first kappa shape index (κ1) is 16.7. The number of ether oxygens (including phenoxy) is 1. The van der Waals surface area contributed by atoms with Crippen LogP contribution in [0, 0.1) is 6.92 Å². The lowest BCUT2D eigenvalue weighted by atomic mass is 10.1. The van der Waals surface area contributed by atoms with Crippen LogP contribution in [0.2, 0.25) is 0 Å². The fraction of sp³-hybridized carbons (Fsp3) is 0.562. The summed E-state index contributed by atoms with van der Waals surface area (Å²) < 4.78 is 12.7. The lowest BCUT2D eigenvalue weighted by Gasteiger charge is -2.37. The minimum Gasteiger partial charge on any atom is -0.374 e. The molecule has 8 nitrogen and oxygen atoms in total. The van der Waals surface area contributed by atoms with E-state index in [1.165, 1.54) is 0 Å². The van der Waals surface area contributed by atoms with Crippen LogP contribution in [0.5, 0.6) is 0 Å². The van der Waals surface area contributed by atoms with Crippen LogP contribution in [0.4, 0.5) is 5.82 Å². The third-order valence-corrected chi connectivity index (χ3v) is 4.13. The Labute approximate surface area is 140 Å². The largest absolute Gasteiger partial charge is 0.374 e. The van der Waals surface area contributed by atoms with Crippen molar-refractivity contribution in [2.75, 3.05) is 25.0 Å². The molecule has 1 fully saturated rings. The van der Waals surface area contributed by atoms with E-state index >= 15 is 0 Å². The van der Waals surface area contributed by atoms with Crippen molar-refractivity contribution in [2.24, 2.45) is 0 Å². The molecular formula is C16H23N5O3. The van der Waals surface area contributed by atoms with E-state index in [-0.39, 0.29) is 18.1 Å². The minimum atomic E-state index is -0.217. The molecule has 2 aromatic rings. The van der Waals surface area contributed by atoms with Gasteiger partial charge in [0.05, 0.1) is 25.3 Å². The van der Waals surface area contributed by atoms with Gasteiger partial charge in [-0.15, -0.1) is 0 Å². The molecule has 1 aliphatic rings. The highest BCUT2D eigenvalue weighted by atomic mass is 16.5. The zero-order chi connectivity index (χ0) is 16.9. The SMILES string of the molecule is CC[C@@H](C(=O)Nc1cc(C)on1)N1CCO[C@H](Cn2cccn2)C1. The van der Waals surface area contributed by atoms with Crippen LogP contribution in [0.25, 0.3) is 0 Å². The topological polar surface area (TPSA) is 85.4 Å². The van der Waals surface area contributed by atoms with E-state index < -0.39 is 0 Å². The number of anilines is 1. The molecule has 0 bridgehead atoms. The molecule has 0 aromatic carbocycles. The van der Waals surface area contributed by atoms with Gasteiger partial charge in [-0.1, -0.05) is 12.1 Å². The monoisotopic (exact) mass is 333 g/mol. The number of aromatic nitrogens is 3. The number of amides is 1. The van der Waals surface area contributed by atoms with E-state index in [0.717, 1.165) is 13.0 Å². The van der Waals surface area contributed by atoms with Gasteiger partial charge in [-0.2, -0.15) is 5.10 Å². The summed E-state index contributed by atoms with van der Waals surface area (Å²) in [5.41, 5.74) is 0. The maximum absolute atomic E-state index is 12.6. The molecular weight excluding hydrogens is 310 g/mol. The fourth-order valence-electron chi connectivity index (χ4n) is 3.00. The van der Waals surface area contributed by atoms with Crippen LogP contribution in [-0.4, -0.2) is 57.6 Å². The van der Waals surface area contributed by atoms with Crippen LogP contribution in [0.3, 0.4) is 0 Å². The molecule has 0 spiro atoms. The number of carbonyl (C=O) groups excluding carboxylic acids is 1. The summed E-state index contributed by atoms with van der Waals surface area (Å²) in [5, 5.41) is 10.9. The van der Waals surface area contributed by atoms with E-state index in [1.54, 1.807) is 19.2 Å². The number of nitrogens with zero attached hydrogens (tertiary/aromatic N) is 4. The molecule has 8 heteroatoms. The highest BCUT2D eigenvalue weighted by Crippen LogP contribution is 2.15. The van der Waals surface area contributed by atoms with Crippen molar-refractivity contribution >= 4 is 11.7 Å². The average molecular weight is 333 g/mol. The normalized spacial score (nSPS) is 20.0. The Bertz CT molecular complexity index is 654. The summed E-state index contributed by atoms with van der Waals surface area (Å²) in [7, 11) is 0. The fourth-order valence-corrected chi connectivity index (χ4v) is 3.00. The molecule has 24 heavy (non-hydrogen) atoms. The van der Waals surface area contributed by atoms with Gasteiger partial charge in [0.2, 0.25) is 5.91 Å². The van der Waals surface area contributed by atoms with Gasteiger partial charge in [-0.25, -0.2) is 0 Å².